The van der Waals surface area contributed by atoms with Crippen LogP contribution in [0.2, 0.25) is 0 Å². The molecule has 3 aliphatic rings. The minimum absolute atomic E-state index is 0.102. The van der Waals surface area contributed by atoms with Gasteiger partial charge >= 0.3 is 0 Å². The van der Waals surface area contributed by atoms with Crippen LogP contribution in [0.1, 0.15) is 37.2 Å². The molecule has 0 saturated carbocycles. The molecule has 126 valence electrons. The van der Waals surface area contributed by atoms with Crippen LogP contribution >= 0.6 is 0 Å². The lowest BCUT2D eigenvalue weighted by Crippen LogP contribution is -2.42. The van der Waals surface area contributed by atoms with Gasteiger partial charge in [0.25, 0.3) is 5.69 Å². The van der Waals surface area contributed by atoms with Crippen LogP contribution < -0.4 is 10.1 Å². The van der Waals surface area contributed by atoms with Gasteiger partial charge in [0.1, 0.15) is 5.75 Å². The fourth-order valence-electron chi connectivity index (χ4n) is 4.57. The van der Waals surface area contributed by atoms with Gasteiger partial charge in [0.2, 0.25) is 0 Å². The highest BCUT2D eigenvalue weighted by atomic mass is 16.6. The van der Waals surface area contributed by atoms with E-state index >= 15 is 0 Å². The molecule has 5 nitrogen and oxygen atoms in total. The Labute approximate surface area is 141 Å². The van der Waals surface area contributed by atoms with Crippen molar-refractivity contribution < 1.29 is 9.66 Å². The van der Waals surface area contributed by atoms with E-state index in [1.165, 1.54) is 12.5 Å². The fraction of sp³-hybridized carbons (Fsp3) is 0.474. The molecule has 0 radical (unpaired) electrons. The van der Waals surface area contributed by atoms with Crippen LogP contribution in [-0.2, 0) is 0 Å². The number of benzene rings is 1. The molecule has 0 amide bonds. The molecular weight excluding hydrogens is 304 g/mol. The van der Waals surface area contributed by atoms with Crippen molar-refractivity contribution in [3.63, 3.8) is 0 Å². The summed E-state index contributed by atoms with van der Waals surface area (Å²) in [6.45, 7) is 0. The van der Waals surface area contributed by atoms with Gasteiger partial charge < -0.3 is 10.1 Å². The Balaban J connectivity index is 1.78. The van der Waals surface area contributed by atoms with E-state index in [9.17, 15) is 10.1 Å². The van der Waals surface area contributed by atoms with E-state index in [1.807, 2.05) is 0 Å². The van der Waals surface area contributed by atoms with Crippen molar-refractivity contribution in [2.24, 2.45) is 11.8 Å². The van der Waals surface area contributed by atoms with Gasteiger partial charge in [-0.3, -0.25) is 10.1 Å². The standard InChI is InChI=1S/C19H22N2O3/c1-24-17-11-13(21(22)23)10-16-14-8-5-9-15(14)18(20-19(16)17)12-6-3-2-4-7-12/h2-3,5,8,10-12,14-15,18,20H,4,6-7,9H2,1H3/t12-,14-,15-,18+/m0/s1. The molecule has 5 heteroatoms. The number of allylic oxidation sites excluding steroid dienone is 4. The van der Waals surface area contributed by atoms with Crippen molar-refractivity contribution in [1.29, 1.82) is 0 Å². The largest absolute Gasteiger partial charge is 0.494 e. The quantitative estimate of drug-likeness (QED) is 0.507. The van der Waals surface area contributed by atoms with E-state index < -0.39 is 0 Å². The molecule has 0 fully saturated rings. The second-order valence-corrected chi connectivity index (χ2v) is 6.94. The maximum absolute atomic E-state index is 11.3. The maximum Gasteiger partial charge on any atom is 0.273 e. The number of nitrogens with one attached hydrogen (secondary N) is 1. The first-order chi connectivity index (χ1) is 11.7. The SMILES string of the molecule is COc1cc([N+](=O)[O-])cc2c1N[C@H]([C@H]1CC=CCC1)[C@H]1CC=C[C@H]21. The van der Waals surface area contributed by atoms with E-state index in [4.69, 9.17) is 4.74 Å². The molecule has 1 N–H and O–H groups in total. The third-order valence-corrected chi connectivity index (χ3v) is 5.71. The Morgan fingerprint density at radius 3 is 2.83 bits per heavy atom. The van der Waals surface area contributed by atoms with E-state index in [1.54, 1.807) is 13.2 Å². The second-order valence-electron chi connectivity index (χ2n) is 6.94. The van der Waals surface area contributed by atoms with Gasteiger partial charge in [-0.25, -0.2) is 0 Å². The van der Waals surface area contributed by atoms with E-state index in [2.05, 4.69) is 29.6 Å². The van der Waals surface area contributed by atoms with Gasteiger partial charge in [-0.2, -0.15) is 0 Å². The minimum atomic E-state index is -0.339. The number of nitro benzene ring substituents is 1. The normalized spacial score (nSPS) is 30.4. The Morgan fingerprint density at radius 1 is 1.25 bits per heavy atom. The first-order valence-corrected chi connectivity index (χ1v) is 8.63. The van der Waals surface area contributed by atoms with Crippen LogP contribution in [0, 0.1) is 22.0 Å². The number of methoxy groups -OCH3 is 1. The van der Waals surface area contributed by atoms with Gasteiger partial charge in [-0.15, -0.1) is 0 Å². The summed E-state index contributed by atoms with van der Waals surface area (Å²) in [5.41, 5.74) is 2.04. The number of fused-ring (bicyclic) bond motifs is 3. The summed E-state index contributed by atoms with van der Waals surface area (Å²) < 4.78 is 5.48. The highest BCUT2D eigenvalue weighted by molar-refractivity contribution is 5.70. The fourth-order valence-corrected chi connectivity index (χ4v) is 4.57. The molecule has 0 spiro atoms. The summed E-state index contributed by atoms with van der Waals surface area (Å²) in [5, 5.41) is 15.0. The number of nitro groups is 1. The lowest BCUT2D eigenvalue weighted by molar-refractivity contribution is -0.385. The average Bonchev–Trinajstić information content (AvgIpc) is 3.10. The van der Waals surface area contributed by atoms with Crippen LogP contribution in [0.4, 0.5) is 11.4 Å². The Hall–Kier alpha value is -2.30. The molecule has 2 aliphatic carbocycles. The number of nitrogens with zero attached hydrogens (tertiary/aromatic N) is 1. The number of anilines is 1. The monoisotopic (exact) mass is 326 g/mol. The lowest BCUT2D eigenvalue weighted by atomic mass is 9.72. The van der Waals surface area contributed by atoms with Crippen LogP contribution in [0.25, 0.3) is 0 Å². The second kappa shape index (κ2) is 5.96. The smallest absolute Gasteiger partial charge is 0.273 e. The Kier molecular flexibility index (Phi) is 3.79. The first kappa shape index (κ1) is 15.2. The van der Waals surface area contributed by atoms with E-state index in [0.717, 1.165) is 30.5 Å². The van der Waals surface area contributed by atoms with Gasteiger partial charge in [0.15, 0.2) is 0 Å². The number of ether oxygens (including phenoxy) is 1. The summed E-state index contributed by atoms with van der Waals surface area (Å²) in [5.74, 6) is 1.90. The van der Waals surface area contributed by atoms with Crippen LogP contribution in [0.5, 0.6) is 5.75 Å². The number of non-ortho nitro benzene ring substituents is 1. The van der Waals surface area contributed by atoms with Crippen molar-refractivity contribution >= 4 is 11.4 Å². The molecule has 0 unspecified atom stereocenters. The topological polar surface area (TPSA) is 64.4 Å². The van der Waals surface area contributed by atoms with Crippen molar-refractivity contribution in [2.45, 2.75) is 37.6 Å². The molecule has 1 aromatic rings. The third-order valence-electron chi connectivity index (χ3n) is 5.71. The highest BCUT2D eigenvalue weighted by Crippen LogP contribution is 2.51. The predicted octanol–water partition coefficient (Wildman–Crippen LogP) is 4.41. The van der Waals surface area contributed by atoms with Gasteiger partial charge in [-0.1, -0.05) is 24.3 Å². The van der Waals surface area contributed by atoms with Crippen LogP contribution in [0.15, 0.2) is 36.4 Å². The zero-order valence-electron chi connectivity index (χ0n) is 13.8. The van der Waals surface area contributed by atoms with Crippen molar-refractivity contribution in [3.05, 3.63) is 52.1 Å². The molecule has 4 rings (SSSR count). The summed E-state index contributed by atoms with van der Waals surface area (Å²) in [6.07, 6.45) is 13.5. The maximum atomic E-state index is 11.3. The van der Waals surface area contributed by atoms with Crippen molar-refractivity contribution in [2.75, 3.05) is 12.4 Å². The van der Waals surface area contributed by atoms with Crippen LogP contribution in [-0.4, -0.2) is 18.1 Å². The molecule has 1 aromatic carbocycles. The molecule has 1 aliphatic heterocycles. The Morgan fingerprint density at radius 2 is 2.12 bits per heavy atom. The zero-order chi connectivity index (χ0) is 16.7. The summed E-state index contributed by atoms with van der Waals surface area (Å²) in [7, 11) is 1.58. The Bertz CT molecular complexity index is 726. The summed E-state index contributed by atoms with van der Waals surface area (Å²) in [4.78, 5) is 10.9. The number of hydrogen-bond donors (Lipinski definition) is 1. The molecule has 24 heavy (non-hydrogen) atoms. The van der Waals surface area contributed by atoms with Gasteiger partial charge in [-0.05, 0) is 43.1 Å². The summed E-state index contributed by atoms with van der Waals surface area (Å²) >= 11 is 0. The molecule has 0 saturated heterocycles. The molecule has 4 atom stereocenters. The molecule has 0 aromatic heterocycles. The highest BCUT2D eigenvalue weighted by Gasteiger charge is 2.42. The minimum Gasteiger partial charge on any atom is -0.494 e. The van der Waals surface area contributed by atoms with E-state index in [0.29, 0.717) is 23.6 Å². The van der Waals surface area contributed by atoms with Crippen molar-refractivity contribution in [3.8, 4) is 5.75 Å². The average molecular weight is 326 g/mol. The number of rotatable bonds is 3. The van der Waals surface area contributed by atoms with E-state index in [-0.39, 0.29) is 16.5 Å². The van der Waals surface area contributed by atoms with Gasteiger partial charge in [0, 0.05) is 18.0 Å². The van der Waals surface area contributed by atoms with Crippen molar-refractivity contribution in [1.82, 2.24) is 0 Å². The number of hydrogen-bond acceptors (Lipinski definition) is 4. The molecular formula is C19H22N2O3. The molecule has 0 bridgehead atoms. The zero-order valence-corrected chi connectivity index (χ0v) is 13.8. The van der Waals surface area contributed by atoms with Crippen LogP contribution in [0.3, 0.4) is 0 Å². The first-order valence-electron chi connectivity index (χ1n) is 8.63. The summed E-state index contributed by atoms with van der Waals surface area (Å²) in [6, 6.07) is 3.63. The predicted molar refractivity (Wildman–Crippen MR) is 93.5 cm³/mol. The van der Waals surface area contributed by atoms with Gasteiger partial charge in [0.05, 0.1) is 23.8 Å². The molecule has 1 heterocycles. The lowest BCUT2D eigenvalue weighted by Gasteiger charge is -2.42. The third kappa shape index (κ3) is 2.39.